The molecule has 2 rings (SSSR count). The molecule has 1 aromatic carbocycles. The quantitative estimate of drug-likeness (QED) is 0.901. The molecule has 1 saturated carbocycles. The van der Waals surface area contributed by atoms with Gasteiger partial charge in [-0.1, -0.05) is 30.3 Å². The lowest BCUT2D eigenvalue weighted by atomic mass is 10.1. The van der Waals surface area contributed by atoms with E-state index in [0.29, 0.717) is 12.8 Å². The van der Waals surface area contributed by atoms with E-state index in [4.69, 9.17) is 5.73 Å². The third-order valence-electron chi connectivity index (χ3n) is 3.71. The zero-order valence-corrected chi connectivity index (χ0v) is 11.3. The monoisotopic (exact) mass is 282 g/mol. The minimum Gasteiger partial charge on any atom is -0.332 e. The Morgan fingerprint density at radius 3 is 2.55 bits per heavy atom. The number of nitrogens with zero attached hydrogens (tertiary/aromatic N) is 1. The smallest absolute Gasteiger partial charge is 0.255 e. The highest BCUT2D eigenvalue weighted by Crippen LogP contribution is 2.27. The molecule has 1 amide bonds. The van der Waals surface area contributed by atoms with Crippen LogP contribution in [0.25, 0.3) is 0 Å². The van der Waals surface area contributed by atoms with Crippen LogP contribution in [-0.2, 0) is 11.3 Å². The Bertz CT molecular complexity index is 439. The standard InChI is InChI=1S/C15H20F2N2O/c16-14(17)10-19(9-11-4-2-1-3-5-11)15(20)12-6-7-13(18)8-12/h1-5,12-14H,6-10,18H2. The highest BCUT2D eigenvalue weighted by molar-refractivity contribution is 5.79. The van der Waals surface area contributed by atoms with E-state index in [1.165, 1.54) is 4.90 Å². The Morgan fingerprint density at radius 1 is 1.30 bits per heavy atom. The van der Waals surface area contributed by atoms with E-state index in [-0.39, 0.29) is 24.4 Å². The van der Waals surface area contributed by atoms with Crippen molar-refractivity contribution in [2.45, 2.75) is 38.3 Å². The first-order chi connectivity index (χ1) is 9.56. The number of benzene rings is 1. The lowest BCUT2D eigenvalue weighted by Crippen LogP contribution is -2.38. The lowest BCUT2D eigenvalue weighted by Gasteiger charge is -2.25. The number of nitrogens with two attached hydrogens (primary N) is 1. The first kappa shape index (κ1) is 14.9. The number of carbonyl (C=O) groups excluding carboxylic acids is 1. The van der Waals surface area contributed by atoms with Gasteiger partial charge in [-0.05, 0) is 24.8 Å². The van der Waals surface area contributed by atoms with Crippen molar-refractivity contribution >= 4 is 5.91 Å². The van der Waals surface area contributed by atoms with Crippen molar-refractivity contribution < 1.29 is 13.6 Å². The molecule has 1 fully saturated rings. The molecule has 0 aromatic heterocycles. The fourth-order valence-corrected chi connectivity index (χ4v) is 2.70. The third-order valence-corrected chi connectivity index (χ3v) is 3.71. The Morgan fingerprint density at radius 2 is 2.00 bits per heavy atom. The third kappa shape index (κ3) is 4.00. The number of halogens is 2. The van der Waals surface area contributed by atoms with Crippen molar-refractivity contribution in [2.75, 3.05) is 6.54 Å². The summed E-state index contributed by atoms with van der Waals surface area (Å²) in [6, 6.07) is 9.24. The van der Waals surface area contributed by atoms with Gasteiger partial charge in [-0.2, -0.15) is 0 Å². The van der Waals surface area contributed by atoms with Crippen LogP contribution >= 0.6 is 0 Å². The minimum atomic E-state index is -2.52. The molecule has 0 saturated heterocycles. The number of alkyl halides is 2. The van der Waals surface area contributed by atoms with E-state index < -0.39 is 13.0 Å². The summed E-state index contributed by atoms with van der Waals surface area (Å²) in [6.45, 7) is -0.283. The van der Waals surface area contributed by atoms with Crippen molar-refractivity contribution in [3.05, 3.63) is 35.9 Å². The van der Waals surface area contributed by atoms with Gasteiger partial charge in [0.25, 0.3) is 6.43 Å². The molecule has 3 nitrogen and oxygen atoms in total. The van der Waals surface area contributed by atoms with Crippen LogP contribution in [0, 0.1) is 5.92 Å². The summed E-state index contributed by atoms with van der Waals surface area (Å²) >= 11 is 0. The van der Waals surface area contributed by atoms with Crippen LogP contribution in [-0.4, -0.2) is 29.8 Å². The average Bonchev–Trinajstić information content (AvgIpc) is 2.84. The molecular weight excluding hydrogens is 262 g/mol. The van der Waals surface area contributed by atoms with Gasteiger partial charge in [-0.15, -0.1) is 0 Å². The Kier molecular flexibility index (Phi) is 5.06. The molecular formula is C15H20F2N2O. The fraction of sp³-hybridized carbons (Fsp3) is 0.533. The summed E-state index contributed by atoms with van der Waals surface area (Å²) in [5, 5.41) is 0. The van der Waals surface area contributed by atoms with Gasteiger partial charge in [-0.25, -0.2) is 8.78 Å². The molecule has 0 heterocycles. The fourth-order valence-electron chi connectivity index (χ4n) is 2.70. The van der Waals surface area contributed by atoms with Crippen molar-refractivity contribution in [2.24, 2.45) is 11.7 Å². The summed E-state index contributed by atoms with van der Waals surface area (Å²) in [5.74, 6) is -0.394. The summed E-state index contributed by atoms with van der Waals surface area (Å²) in [5.41, 5.74) is 6.66. The maximum atomic E-state index is 12.7. The first-order valence-electron chi connectivity index (χ1n) is 6.92. The summed E-state index contributed by atoms with van der Waals surface area (Å²) in [7, 11) is 0. The predicted molar refractivity (Wildman–Crippen MR) is 73.2 cm³/mol. The van der Waals surface area contributed by atoms with Gasteiger partial charge in [0.15, 0.2) is 0 Å². The van der Waals surface area contributed by atoms with Gasteiger partial charge >= 0.3 is 0 Å². The molecule has 5 heteroatoms. The second-order valence-electron chi connectivity index (χ2n) is 5.37. The average molecular weight is 282 g/mol. The zero-order chi connectivity index (χ0) is 14.5. The second kappa shape index (κ2) is 6.79. The number of carbonyl (C=O) groups is 1. The largest absolute Gasteiger partial charge is 0.332 e. The van der Waals surface area contributed by atoms with Crippen LogP contribution in [0.1, 0.15) is 24.8 Å². The summed E-state index contributed by atoms with van der Waals surface area (Å²) in [6.07, 6.45) is -0.413. The van der Waals surface area contributed by atoms with Crippen molar-refractivity contribution in [1.29, 1.82) is 0 Å². The summed E-state index contributed by atoms with van der Waals surface area (Å²) in [4.78, 5) is 13.6. The molecule has 2 atom stereocenters. The molecule has 1 aromatic rings. The molecule has 1 aliphatic carbocycles. The minimum absolute atomic E-state index is 0.0223. The van der Waals surface area contributed by atoms with Gasteiger partial charge in [0.05, 0.1) is 6.54 Å². The summed E-state index contributed by atoms with van der Waals surface area (Å²) < 4.78 is 25.4. The van der Waals surface area contributed by atoms with Gasteiger partial charge in [0, 0.05) is 18.5 Å². The highest BCUT2D eigenvalue weighted by atomic mass is 19.3. The van der Waals surface area contributed by atoms with Gasteiger partial charge in [-0.3, -0.25) is 4.79 Å². The van der Waals surface area contributed by atoms with Crippen LogP contribution < -0.4 is 5.73 Å². The molecule has 0 bridgehead atoms. The molecule has 2 N–H and O–H groups in total. The van der Waals surface area contributed by atoms with Crippen LogP contribution in [0.5, 0.6) is 0 Å². The zero-order valence-electron chi connectivity index (χ0n) is 11.3. The molecule has 20 heavy (non-hydrogen) atoms. The van der Waals surface area contributed by atoms with Crippen LogP contribution in [0.15, 0.2) is 30.3 Å². The molecule has 0 aliphatic heterocycles. The van der Waals surface area contributed by atoms with Crippen LogP contribution in [0.4, 0.5) is 8.78 Å². The van der Waals surface area contributed by atoms with Crippen LogP contribution in [0.3, 0.4) is 0 Å². The number of hydrogen-bond donors (Lipinski definition) is 1. The maximum absolute atomic E-state index is 12.7. The van der Waals surface area contributed by atoms with E-state index in [0.717, 1.165) is 12.0 Å². The van der Waals surface area contributed by atoms with Crippen LogP contribution in [0.2, 0.25) is 0 Å². The molecule has 0 radical (unpaired) electrons. The van der Waals surface area contributed by atoms with Crippen molar-refractivity contribution in [3.8, 4) is 0 Å². The van der Waals surface area contributed by atoms with Gasteiger partial charge in [0.2, 0.25) is 5.91 Å². The Labute approximate surface area is 117 Å². The van der Waals surface area contributed by atoms with E-state index in [2.05, 4.69) is 0 Å². The maximum Gasteiger partial charge on any atom is 0.255 e. The number of rotatable bonds is 5. The lowest BCUT2D eigenvalue weighted by molar-refractivity contribution is -0.138. The van der Waals surface area contributed by atoms with Crippen molar-refractivity contribution in [1.82, 2.24) is 4.90 Å². The molecule has 110 valence electrons. The SMILES string of the molecule is NC1CCC(C(=O)N(Cc2ccccc2)CC(F)F)C1. The highest BCUT2D eigenvalue weighted by Gasteiger charge is 2.32. The Hall–Kier alpha value is -1.49. The first-order valence-corrected chi connectivity index (χ1v) is 6.92. The van der Waals surface area contributed by atoms with Gasteiger partial charge < -0.3 is 10.6 Å². The number of amides is 1. The topological polar surface area (TPSA) is 46.3 Å². The molecule has 0 spiro atoms. The van der Waals surface area contributed by atoms with E-state index in [9.17, 15) is 13.6 Å². The molecule has 1 aliphatic rings. The Balaban J connectivity index is 2.05. The van der Waals surface area contributed by atoms with E-state index in [1.54, 1.807) is 0 Å². The van der Waals surface area contributed by atoms with E-state index >= 15 is 0 Å². The second-order valence-corrected chi connectivity index (χ2v) is 5.37. The molecule has 2 unspecified atom stereocenters. The normalized spacial score (nSPS) is 22.2. The predicted octanol–water partition coefficient (Wildman–Crippen LogP) is 2.41. The van der Waals surface area contributed by atoms with Gasteiger partial charge in [0.1, 0.15) is 0 Å². The van der Waals surface area contributed by atoms with E-state index in [1.807, 2.05) is 30.3 Å². The van der Waals surface area contributed by atoms with Crippen molar-refractivity contribution in [3.63, 3.8) is 0 Å². The number of hydrogen-bond acceptors (Lipinski definition) is 2.